The van der Waals surface area contributed by atoms with Crippen LogP contribution in [0.2, 0.25) is 0 Å². The monoisotopic (exact) mass is 582 g/mol. The molecular formula is C34H38N4O5. The zero-order valence-corrected chi connectivity index (χ0v) is 24.5. The van der Waals surface area contributed by atoms with E-state index in [1.807, 2.05) is 111 Å². The molecule has 0 bridgehead atoms. The number of hydrogen-bond donors (Lipinski definition) is 2. The summed E-state index contributed by atoms with van der Waals surface area (Å²) in [6, 6.07) is 29.0. The molecule has 3 N–H and O–H groups in total. The van der Waals surface area contributed by atoms with Crippen LogP contribution in [-0.4, -0.2) is 58.5 Å². The second-order valence-corrected chi connectivity index (χ2v) is 11.4. The number of nitrogens with two attached hydrogens (primary N) is 1. The Morgan fingerprint density at radius 3 is 2.09 bits per heavy atom. The smallest absolute Gasteiger partial charge is 0.221 e. The molecule has 3 aromatic carbocycles. The summed E-state index contributed by atoms with van der Waals surface area (Å²) in [7, 11) is 0. The Bertz CT molecular complexity index is 1470. The average Bonchev–Trinajstić information content (AvgIpc) is 3.48. The van der Waals surface area contributed by atoms with E-state index < -0.39 is 29.6 Å². The fraction of sp³-hybridized carbons (Fsp3) is 0.353. The Kier molecular flexibility index (Phi) is 8.43. The van der Waals surface area contributed by atoms with E-state index in [0.29, 0.717) is 24.7 Å². The molecule has 3 unspecified atom stereocenters. The summed E-state index contributed by atoms with van der Waals surface area (Å²) in [6.45, 7) is 4.96. The van der Waals surface area contributed by atoms with Crippen molar-refractivity contribution in [3.05, 3.63) is 119 Å². The molecule has 3 aliphatic rings. The lowest BCUT2D eigenvalue weighted by Gasteiger charge is -2.46. The average molecular weight is 583 g/mol. The van der Waals surface area contributed by atoms with Crippen molar-refractivity contribution in [3.8, 4) is 0 Å². The second kappa shape index (κ2) is 12.4. The summed E-state index contributed by atoms with van der Waals surface area (Å²) < 4.78 is 26.2. The van der Waals surface area contributed by atoms with Gasteiger partial charge in [-0.25, -0.2) is 4.99 Å². The van der Waals surface area contributed by atoms with Crippen LogP contribution in [0, 0.1) is 5.92 Å². The highest BCUT2D eigenvalue weighted by atomic mass is 16.7. The van der Waals surface area contributed by atoms with Crippen LogP contribution in [0.4, 0.5) is 0 Å². The minimum Gasteiger partial charge on any atom is -0.382 e. The van der Waals surface area contributed by atoms with Gasteiger partial charge in [0.2, 0.25) is 5.79 Å². The summed E-state index contributed by atoms with van der Waals surface area (Å²) in [4.78, 5) is 4.16. The fourth-order valence-corrected chi connectivity index (χ4v) is 6.20. The zero-order chi connectivity index (χ0) is 29.9. The molecular weight excluding hydrogens is 544 g/mol. The van der Waals surface area contributed by atoms with E-state index >= 15 is 0 Å². The highest BCUT2D eigenvalue weighted by molar-refractivity contribution is 6.02. The van der Waals surface area contributed by atoms with Gasteiger partial charge < -0.3 is 29.8 Å². The number of amidine groups is 1. The first-order valence-electron chi connectivity index (χ1n) is 14.6. The largest absolute Gasteiger partial charge is 0.382 e. The van der Waals surface area contributed by atoms with Crippen LogP contribution in [0.5, 0.6) is 0 Å². The van der Waals surface area contributed by atoms with Gasteiger partial charge in [-0.3, -0.25) is 5.01 Å². The second-order valence-electron chi connectivity index (χ2n) is 11.4. The van der Waals surface area contributed by atoms with Gasteiger partial charge in [0.25, 0.3) is 0 Å². The SMILES string of the molecule is CC1C=C2C(N)=NC=NN2C1C1(O)O[C@H](COCc2ccccc2)[C@@H](OCc2ccccc2)[C@@]1(C)OCc1ccccc1. The van der Waals surface area contributed by atoms with Crippen LogP contribution in [0.3, 0.4) is 0 Å². The summed E-state index contributed by atoms with van der Waals surface area (Å²) in [5.74, 6) is -1.75. The van der Waals surface area contributed by atoms with Gasteiger partial charge in [0.15, 0.2) is 11.4 Å². The Balaban J connectivity index is 1.35. The Morgan fingerprint density at radius 1 is 0.884 bits per heavy atom. The molecule has 1 fully saturated rings. The maximum atomic E-state index is 12.8. The van der Waals surface area contributed by atoms with Crippen molar-refractivity contribution in [1.82, 2.24) is 5.01 Å². The highest BCUT2D eigenvalue weighted by Crippen LogP contribution is 2.51. The zero-order valence-electron chi connectivity index (χ0n) is 24.5. The first-order chi connectivity index (χ1) is 20.9. The normalized spacial score (nSPS) is 29.8. The molecule has 6 atom stereocenters. The third-order valence-electron chi connectivity index (χ3n) is 8.44. The molecule has 3 heterocycles. The van der Waals surface area contributed by atoms with Crippen LogP contribution in [0.25, 0.3) is 0 Å². The third kappa shape index (κ3) is 5.74. The molecule has 9 nitrogen and oxygen atoms in total. The summed E-state index contributed by atoms with van der Waals surface area (Å²) in [6.07, 6.45) is 1.99. The lowest BCUT2D eigenvalue weighted by molar-refractivity contribution is -0.308. The number of ether oxygens (including phenoxy) is 4. The van der Waals surface area contributed by atoms with Crippen molar-refractivity contribution in [2.45, 2.75) is 63.3 Å². The summed E-state index contributed by atoms with van der Waals surface area (Å²) >= 11 is 0. The number of hydrazone groups is 1. The quantitative estimate of drug-likeness (QED) is 0.345. The van der Waals surface area contributed by atoms with Gasteiger partial charge in [-0.1, -0.05) is 104 Å². The van der Waals surface area contributed by atoms with Crippen molar-refractivity contribution in [2.75, 3.05) is 6.61 Å². The van der Waals surface area contributed by atoms with Crippen molar-refractivity contribution in [1.29, 1.82) is 0 Å². The highest BCUT2D eigenvalue weighted by Gasteiger charge is 2.70. The van der Waals surface area contributed by atoms with Crippen molar-refractivity contribution < 1.29 is 24.1 Å². The van der Waals surface area contributed by atoms with Gasteiger partial charge in [-0.2, -0.15) is 5.10 Å². The van der Waals surface area contributed by atoms with Gasteiger partial charge in [-0.05, 0) is 23.6 Å². The molecule has 0 amide bonds. The van der Waals surface area contributed by atoms with Crippen molar-refractivity contribution in [3.63, 3.8) is 0 Å². The van der Waals surface area contributed by atoms with Gasteiger partial charge in [-0.15, -0.1) is 0 Å². The molecule has 43 heavy (non-hydrogen) atoms. The van der Waals surface area contributed by atoms with Crippen molar-refractivity contribution >= 4 is 12.2 Å². The maximum absolute atomic E-state index is 12.8. The maximum Gasteiger partial charge on any atom is 0.221 e. The first-order valence-corrected chi connectivity index (χ1v) is 14.6. The van der Waals surface area contributed by atoms with E-state index in [9.17, 15) is 5.11 Å². The number of rotatable bonds is 11. The van der Waals surface area contributed by atoms with E-state index in [4.69, 9.17) is 24.7 Å². The molecule has 3 aliphatic heterocycles. The van der Waals surface area contributed by atoms with E-state index in [1.54, 1.807) is 5.01 Å². The van der Waals surface area contributed by atoms with Gasteiger partial charge >= 0.3 is 0 Å². The van der Waals surface area contributed by atoms with Crippen LogP contribution in [0.1, 0.15) is 30.5 Å². The first kappa shape index (κ1) is 29.2. The number of nitrogens with zero attached hydrogens (tertiary/aromatic N) is 3. The van der Waals surface area contributed by atoms with Crippen molar-refractivity contribution in [2.24, 2.45) is 21.7 Å². The molecule has 224 valence electrons. The molecule has 0 aliphatic carbocycles. The Hall–Kier alpha value is -3.86. The molecule has 0 saturated carbocycles. The van der Waals surface area contributed by atoms with Crippen LogP contribution in [0.15, 0.2) is 113 Å². The van der Waals surface area contributed by atoms with Crippen LogP contribution >= 0.6 is 0 Å². The third-order valence-corrected chi connectivity index (χ3v) is 8.44. The van der Waals surface area contributed by atoms with E-state index in [-0.39, 0.29) is 19.1 Å². The van der Waals surface area contributed by atoms with E-state index in [0.717, 1.165) is 16.7 Å². The number of fused-ring (bicyclic) bond motifs is 1. The number of benzene rings is 3. The lowest BCUT2D eigenvalue weighted by Crippen LogP contribution is -2.66. The topological polar surface area (TPSA) is 111 Å². The number of hydrogen-bond acceptors (Lipinski definition) is 9. The molecule has 0 spiro atoms. The molecule has 6 rings (SSSR count). The summed E-state index contributed by atoms with van der Waals surface area (Å²) in [5.41, 5.74) is 8.51. The van der Waals surface area contributed by atoms with Crippen LogP contribution < -0.4 is 5.73 Å². The molecule has 9 heteroatoms. The lowest BCUT2D eigenvalue weighted by atomic mass is 9.81. The van der Waals surface area contributed by atoms with Gasteiger partial charge in [0.05, 0.1) is 32.1 Å². The number of aliphatic hydroxyl groups is 1. The summed E-state index contributed by atoms with van der Waals surface area (Å²) in [5, 5.41) is 19.0. The predicted molar refractivity (Wildman–Crippen MR) is 164 cm³/mol. The minimum atomic E-state index is -1.88. The van der Waals surface area contributed by atoms with E-state index in [2.05, 4.69) is 10.1 Å². The Labute approximate surface area is 252 Å². The fourth-order valence-electron chi connectivity index (χ4n) is 6.20. The van der Waals surface area contributed by atoms with Crippen LogP contribution in [-0.2, 0) is 38.8 Å². The van der Waals surface area contributed by atoms with Gasteiger partial charge in [0.1, 0.15) is 24.6 Å². The molecule has 0 radical (unpaired) electrons. The van der Waals surface area contributed by atoms with Gasteiger partial charge in [0, 0.05) is 5.92 Å². The standard InChI is InChI=1S/C34H38N4O5/c1-24-18-28-32(35)36-23-37-38(28)30(24)34(39)33(2,42-21-27-16-10-5-11-17-27)31(41-20-26-14-8-4-9-15-26)29(43-34)22-40-19-25-12-6-3-7-13-25/h3-18,23-24,29-31,39H,19-22H2,1-2H3,(H2,35,36,37)/t24?,29-,30?,31-,33-,34?/m1/s1. The van der Waals surface area contributed by atoms with E-state index in [1.165, 1.54) is 6.34 Å². The molecule has 0 aromatic heterocycles. The molecule has 3 aromatic rings. The number of aliphatic imine (C=N–C) groups is 1. The minimum absolute atomic E-state index is 0.176. The molecule has 1 saturated heterocycles. The Morgan fingerprint density at radius 2 is 1.47 bits per heavy atom. The predicted octanol–water partition coefficient (Wildman–Crippen LogP) is 4.37.